The minimum absolute atomic E-state index is 0.195. The predicted octanol–water partition coefficient (Wildman–Crippen LogP) is 3.75. The number of rotatable bonds is 1. The van der Waals surface area contributed by atoms with E-state index >= 15 is 0 Å². The minimum Gasteiger partial charge on any atom is -0.508 e. The molecule has 0 aliphatic carbocycles. The Balaban J connectivity index is 2.18. The number of halogens is 1. The topological polar surface area (TPSA) is 33.1 Å². The smallest absolute Gasteiger partial charge is 0.123 e. The average molecular weight is 239 g/mol. The third kappa shape index (κ3) is 1.91. The maximum absolute atomic E-state index is 13.2. The van der Waals surface area contributed by atoms with Gasteiger partial charge in [0.1, 0.15) is 11.6 Å². The van der Waals surface area contributed by atoms with Crippen LogP contribution in [-0.2, 0) is 0 Å². The number of nitrogens with zero attached hydrogens (tertiary/aromatic N) is 1. The molecule has 18 heavy (non-hydrogen) atoms. The van der Waals surface area contributed by atoms with Crippen molar-refractivity contribution < 1.29 is 9.50 Å². The molecule has 0 radical (unpaired) electrons. The highest BCUT2D eigenvalue weighted by Crippen LogP contribution is 2.25. The lowest BCUT2D eigenvalue weighted by atomic mass is 10.1. The van der Waals surface area contributed by atoms with Gasteiger partial charge in [-0.15, -0.1) is 0 Å². The van der Waals surface area contributed by atoms with Crippen molar-refractivity contribution in [3.8, 4) is 16.9 Å². The summed E-state index contributed by atoms with van der Waals surface area (Å²) < 4.78 is 13.2. The van der Waals surface area contributed by atoms with Crippen LogP contribution in [0.15, 0.2) is 54.7 Å². The molecule has 0 aliphatic rings. The van der Waals surface area contributed by atoms with Crippen molar-refractivity contribution in [1.29, 1.82) is 0 Å². The molecule has 88 valence electrons. The van der Waals surface area contributed by atoms with Gasteiger partial charge in [0.15, 0.2) is 0 Å². The minimum atomic E-state index is -0.275. The summed E-state index contributed by atoms with van der Waals surface area (Å²) in [6.45, 7) is 0. The highest BCUT2D eigenvalue weighted by molar-refractivity contribution is 5.84. The molecule has 0 amide bonds. The molecule has 2 nitrogen and oxygen atoms in total. The SMILES string of the molecule is Oc1ccc2ncc(-c3cccc(F)c3)cc2c1. The summed E-state index contributed by atoms with van der Waals surface area (Å²) >= 11 is 0. The van der Waals surface area contributed by atoms with E-state index in [4.69, 9.17) is 0 Å². The number of aromatic nitrogens is 1. The molecule has 3 rings (SSSR count). The molecule has 3 aromatic rings. The predicted molar refractivity (Wildman–Crippen MR) is 68.8 cm³/mol. The van der Waals surface area contributed by atoms with Crippen molar-refractivity contribution in [3.63, 3.8) is 0 Å². The second kappa shape index (κ2) is 4.11. The van der Waals surface area contributed by atoms with Crippen LogP contribution in [0.5, 0.6) is 5.75 Å². The number of aromatic hydroxyl groups is 1. The van der Waals surface area contributed by atoms with Crippen molar-refractivity contribution in [3.05, 3.63) is 60.5 Å². The molecule has 1 aromatic heterocycles. The van der Waals surface area contributed by atoms with Crippen molar-refractivity contribution in [2.45, 2.75) is 0 Å². The van der Waals surface area contributed by atoms with E-state index in [0.717, 1.165) is 22.0 Å². The second-order valence-corrected chi connectivity index (χ2v) is 4.11. The van der Waals surface area contributed by atoms with Crippen LogP contribution < -0.4 is 0 Å². The molecule has 0 spiro atoms. The summed E-state index contributed by atoms with van der Waals surface area (Å²) in [5.74, 6) is -0.0794. The number of benzene rings is 2. The number of hydrogen-bond donors (Lipinski definition) is 1. The van der Waals surface area contributed by atoms with E-state index in [-0.39, 0.29) is 11.6 Å². The largest absolute Gasteiger partial charge is 0.508 e. The van der Waals surface area contributed by atoms with Gasteiger partial charge in [0.2, 0.25) is 0 Å². The number of hydrogen-bond acceptors (Lipinski definition) is 2. The van der Waals surface area contributed by atoms with Gasteiger partial charge >= 0.3 is 0 Å². The van der Waals surface area contributed by atoms with Crippen LogP contribution in [0.1, 0.15) is 0 Å². The molecular weight excluding hydrogens is 229 g/mol. The van der Waals surface area contributed by atoms with E-state index in [1.54, 1.807) is 30.5 Å². The molecule has 0 aliphatic heterocycles. The van der Waals surface area contributed by atoms with E-state index in [9.17, 15) is 9.50 Å². The Kier molecular flexibility index (Phi) is 2.45. The summed E-state index contributed by atoms with van der Waals surface area (Å²) in [7, 11) is 0. The van der Waals surface area contributed by atoms with Gasteiger partial charge in [-0.1, -0.05) is 12.1 Å². The van der Waals surface area contributed by atoms with Crippen molar-refractivity contribution in [2.24, 2.45) is 0 Å². The maximum Gasteiger partial charge on any atom is 0.123 e. The van der Waals surface area contributed by atoms with Crippen LogP contribution >= 0.6 is 0 Å². The van der Waals surface area contributed by atoms with Gasteiger partial charge in [-0.25, -0.2) is 4.39 Å². The molecule has 1 heterocycles. The van der Waals surface area contributed by atoms with Crippen molar-refractivity contribution in [2.75, 3.05) is 0 Å². The lowest BCUT2D eigenvalue weighted by molar-refractivity contribution is 0.476. The number of phenols is 1. The van der Waals surface area contributed by atoms with Crippen LogP contribution in [-0.4, -0.2) is 10.1 Å². The summed E-state index contributed by atoms with van der Waals surface area (Å²) in [4.78, 5) is 4.29. The Morgan fingerprint density at radius 1 is 0.944 bits per heavy atom. The lowest BCUT2D eigenvalue weighted by Gasteiger charge is -2.04. The molecule has 0 bridgehead atoms. The zero-order chi connectivity index (χ0) is 12.5. The normalized spacial score (nSPS) is 10.7. The van der Waals surface area contributed by atoms with Gasteiger partial charge in [-0.3, -0.25) is 4.98 Å². The van der Waals surface area contributed by atoms with Crippen molar-refractivity contribution >= 4 is 10.9 Å². The van der Waals surface area contributed by atoms with Crippen LogP contribution in [0.3, 0.4) is 0 Å². The first-order chi connectivity index (χ1) is 8.72. The Morgan fingerprint density at radius 2 is 1.83 bits per heavy atom. The number of phenolic OH excluding ortho intramolecular Hbond substituents is 1. The fourth-order valence-electron chi connectivity index (χ4n) is 1.94. The summed E-state index contributed by atoms with van der Waals surface area (Å²) in [5.41, 5.74) is 2.40. The van der Waals surface area contributed by atoms with E-state index in [1.807, 2.05) is 12.1 Å². The Morgan fingerprint density at radius 3 is 2.67 bits per heavy atom. The van der Waals surface area contributed by atoms with Crippen LogP contribution in [0.25, 0.3) is 22.0 Å². The first-order valence-corrected chi connectivity index (χ1v) is 5.57. The standard InChI is InChI=1S/C15H10FNO/c16-13-3-1-2-10(7-13)12-6-11-8-14(18)4-5-15(11)17-9-12/h1-9,18H. The van der Waals surface area contributed by atoms with Gasteiger partial charge in [0.25, 0.3) is 0 Å². The van der Waals surface area contributed by atoms with Crippen LogP contribution in [0.4, 0.5) is 4.39 Å². The summed E-state index contributed by atoms with van der Waals surface area (Å²) in [6, 6.07) is 13.2. The van der Waals surface area contributed by atoms with E-state index in [0.29, 0.717) is 0 Å². The lowest BCUT2D eigenvalue weighted by Crippen LogP contribution is -1.84. The third-order valence-electron chi connectivity index (χ3n) is 2.82. The number of fused-ring (bicyclic) bond motifs is 1. The van der Waals surface area contributed by atoms with Gasteiger partial charge < -0.3 is 5.11 Å². The molecule has 0 saturated heterocycles. The number of pyridine rings is 1. The Labute approximate surface area is 103 Å². The molecule has 0 atom stereocenters. The van der Waals surface area contributed by atoms with Crippen LogP contribution in [0, 0.1) is 5.82 Å². The van der Waals surface area contributed by atoms with E-state index in [1.165, 1.54) is 12.1 Å². The van der Waals surface area contributed by atoms with Crippen molar-refractivity contribution in [1.82, 2.24) is 4.98 Å². The molecule has 2 aromatic carbocycles. The molecule has 0 unspecified atom stereocenters. The van der Waals surface area contributed by atoms with E-state index < -0.39 is 0 Å². The molecule has 0 saturated carbocycles. The fourth-order valence-corrected chi connectivity index (χ4v) is 1.94. The molecule has 3 heteroatoms. The highest BCUT2D eigenvalue weighted by atomic mass is 19.1. The second-order valence-electron chi connectivity index (χ2n) is 4.11. The Hall–Kier alpha value is -2.42. The van der Waals surface area contributed by atoms with Gasteiger partial charge in [-0.2, -0.15) is 0 Å². The van der Waals surface area contributed by atoms with E-state index in [2.05, 4.69) is 4.98 Å². The first kappa shape index (κ1) is 10.7. The molecule has 0 fully saturated rings. The fraction of sp³-hybridized carbons (Fsp3) is 0. The quantitative estimate of drug-likeness (QED) is 0.701. The first-order valence-electron chi connectivity index (χ1n) is 5.57. The van der Waals surface area contributed by atoms with Gasteiger partial charge in [0, 0.05) is 17.1 Å². The average Bonchev–Trinajstić information content (AvgIpc) is 2.38. The molecular formula is C15H10FNO. The maximum atomic E-state index is 13.2. The van der Waals surface area contributed by atoms with Gasteiger partial charge in [0.05, 0.1) is 5.52 Å². The third-order valence-corrected chi connectivity index (χ3v) is 2.82. The molecule has 1 N–H and O–H groups in total. The zero-order valence-corrected chi connectivity index (χ0v) is 9.47. The monoisotopic (exact) mass is 239 g/mol. The summed E-state index contributed by atoms with van der Waals surface area (Å²) in [6.07, 6.45) is 1.70. The Bertz CT molecular complexity index is 725. The summed E-state index contributed by atoms with van der Waals surface area (Å²) in [5, 5.41) is 10.3. The zero-order valence-electron chi connectivity index (χ0n) is 9.47. The highest BCUT2D eigenvalue weighted by Gasteiger charge is 2.02. The van der Waals surface area contributed by atoms with Gasteiger partial charge in [-0.05, 0) is 42.0 Å². The van der Waals surface area contributed by atoms with Crippen LogP contribution in [0.2, 0.25) is 0 Å².